The van der Waals surface area contributed by atoms with Gasteiger partial charge in [-0.1, -0.05) is 24.3 Å². The van der Waals surface area contributed by atoms with E-state index in [0.717, 1.165) is 10.4 Å². The number of nitrogens with two attached hydrogens (primary N) is 1. The van der Waals surface area contributed by atoms with Crippen molar-refractivity contribution >= 4 is 40.6 Å². The standard InChI is InChI=1S/C22H23N5O3S/c1-24-21(29)19(27-22(30)25-2)13-5-7-14(8-6-13)20(28)26-17-12-15(9-10-16(17)23)18-4-3-11-31-18/h3-12,19H,23H2,1-2H3,(H,24,29)(H,26,28)(H2,25,27,30). The van der Waals surface area contributed by atoms with Crippen molar-refractivity contribution in [3.05, 3.63) is 71.1 Å². The molecule has 160 valence electrons. The normalized spacial score (nSPS) is 11.3. The van der Waals surface area contributed by atoms with Crippen molar-refractivity contribution in [3.63, 3.8) is 0 Å². The van der Waals surface area contributed by atoms with Crippen LogP contribution in [-0.2, 0) is 4.79 Å². The molecule has 6 N–H and O–H groups in total. The van der Waals surface area contributed by atoms with Gasteiger partial charge in [0.2, 0.25) is 5.91 Å². The van der Waals surface area contributed by atoms with Crippen LogP contribution in [0.1, 0.15) is 22.0 Å². The lowest BCUT2D eigenvalue weighted by Crippen LogP contribution is -2.42. The van der Waals surface area contributed by atoms with Gasteiger partial charge in [0.25, 0.3) is 5.91 Å². The molecular weight excluding hydrogens is 414 g/mol. The van der Waals surface area contributed by atoms with Crippen LogP contribution in [0.4, 0.5) is 16.2 Å². The molecule has 4 amide bonds. The van der Waals surface area contributed by atoms with Crippen LogP contribution < -0.4 is 27.0 Å². The Bertz CT molecular complexity index is 1080. The number of carbonyl (C=O) groups excluding carboxylic acids is 3. The summed E-state index contributed by atoms with van der Waals surface area (Å²) >= 11 is 1.60. The van der Waals surface area contributed by atoms with Gasteiger partial charge in [0.15, 0.2) is 0 Å². The highest BCUT2D eigenvalue weighted by molar-refractivity contribution is 7.13. The van der Waals surface area contributed by atoms with Crippen LogP contribution in [-0.4, -0.2) is 31.9 Å². The molecule has 1 heterocycles. The molecule has 0 aliphatic carbocycles. The quantitative estimate of drug-likeness (QED) is 0.380. The number of thiophene rings is 1. The molecule has 0 fully saturated rings. The fourth-order valence-electron chi connectivity index (χ4n) is 2.93. The molecule has 3 rings (SSSR count). The molecule has 3 aromatic rings. The second-order valence-electron chi connectivity index (χ2n) is 6.63. The molecule has 0 radical (unpaired) electrons. The Morgan fingerprint density at radius 3 is 2.32 bits per heavy atom. The van der Waals surface area contributed by atoms with E-state index in [2.05, 4.69) is 21.3 Å². The number of nitrogens with one attached hydrogen (secondary N) is 4. The number of likely N-dealkylation sites (N-methyl/N-ethyl adjacent to an activating group) is 1. The summed E-state index contributed by atoms with van der Waals surface area (Å²) in [4.78, 5) is 37.6. The van der Waals surface area contributed by atoms with Crippen molar-refractivity contribution in [2.45, 2.75) is 6.04 Å². The monoisotopic (exact) mass is 437 g/mol. The van der Waals surface area contributed by atoms with Crippen molar-refractivity contribution in [1.82, 2.24) is 16.0 Å². The van der Waals surface area contributed by atoms with E-state index in [1.54, 1.807) is 41.7 Å². The average molecular weight is 438 g/mol. The third-order valence-corrected chi connectivity index (χ3v) is 5.54. The SMILES string of the molecule is CNC(=O)NC(C(=O)NC)c1ccc(C(=O)Nc2cc(-c3cccs3)ccc2N)cc1. The van der Waals surface area contributed by atoms with Gasteiger partial charge in [0.05, 0.1) is 11.4 Å². The second-order valence-corrected chi connectivity index (χ2v) is 7.57. The summed E-state index contributed by atoms with van der Waals surface area (Å²) in [7, 11) is 2.94. The van der Waals surface area contributed by atoms with Gasteiger partial charge in [-0.3, -0.25) is 9.59 Å². The smallest absolute Gasteiger partial charge is 0.315 e. The topological polar surface area (TPSA) is 125 Å². The maximum atomic E-state index is 12.7. The first-order valence-corrected chi connectivity index (χ1v) is 10.4. The fourth-order valence-corrected chi connectivity index (χ4v) is 3.65. The summed E-state index contributed by atoms with van der Waals surface area (Å²) in [5.41, 5.74) is 8.91. The first-order valence-electron chi connectivity index (χ1n) is 9.47. The highest BCUT2D eigenvalue weighted by atomic mass is 32.1. The van der Waals surface area contributed by atoms with E-state index in [4.69, 9.17) is 5.73 Å². The molecular formula is C22H23N5O3S. The van der Waals surface area contributed by atoms with Crippen molar-refractivity contribution < 1.29 is 14.4 Å². The third-order valence-electron chi connectivity index (χ3n) is 4.62. The molecule has 1 unspecified atom stereocenters. The van der Waals surface area contributed by atoms with Gasteiger partial charge in [0.1, 0.15) is 6.04 Å². The lowest BCUT2D eigenvalue weighted by atomic mass is 10.0. The van der Waals surface area contributed by atoms with Gasteiger partial charge >= 0.3 is 6.03 Å². The van der Waals surface area contributed by atoms with Crippen LogP contribution in [0, 0.1) is 0 Å². The number of benzene rings is 2. The summed E-state index contributed by atoms with van der Waals surface area (Å²) < 4.78 is 0. The molecule has 0 saturated carbocycles. The largest absolute Gasteiger partial charge is 0.397 e. The lowest BCUT2D eigenvalue weighted by Gasteiger charge is -2.18. The third kappa shape index (κ3) is 5.20. The Balaban J connectivity index is 1.78. The van der Waals surface area contributed by atoms with E-state index < -0.39 is 12.1 Å². The molecule has 2 aromatic carbocycles. The number of hydrogen-bond acceptors (Lipinski definition) is 5. The maximum Gasteiger partial charge on any atom is 0.315 e. The molecule has 0 aliphatic heterocycles. The molecule has 9 heteroatoms. The predicted molar refractivity (Wildman–Crippen MR) is 123 cm³/mol. The first-order chi connectivity index (χ1) is 14.9. The Morgan fingerprint density at radius 1 is 0.968 bits per heavy atom. The maximum absolute atomic E-state index is 12.7. The highest BCUT2D eigenvalue weighted by Gasteiger charge is 2.21. The summed E-state index contributed by atoms with van der Waals surface area (Å²) in [6.45, 7) is 0. The van der Waals surface area contributed by atoms with Crippen LogP contribution in [0.25, 0.3) is 10.4 Å². The zero-order valence-corrected chi connectivity index (χ0v) is 17.9. The molecule has 0 bridgehead atoms. The number of anilines is 2. The predicted octanol–water partition coefficient (Wildman–Crippen LogP) is 2.97. The molecule has 0 spiro atoms. The van der Waals surface area contributed by atoms with Crippen LogP contribution in [0.2, 0.25) is 0 Å². The van der Waals surface area contributed by atoms with Gasteiger partial charge < -0.3 is 27.0 Å². The molecule has 0 aliphatic rings. The molecule has 0 saturated heterocycles. The van der Waals surface area contributed by atoms with Gasteiger partial charge in [-0.2, -0.15) is 0 Å². The minimum atomic E-state index is -0.889. The molecule has 31 heavy (non-hydrogen) atoms. The highest BCUT2D eigenvalue weighted by Crippen LogP contribution is 2.30. The van der Waals surface area contributed by atoms with Gasteiger partial charge in [0, 0.05) is 24.5 Å². The fraction of sp³-hybridized carbons (Fsp3) is 0.136. The Labute approximate surface area is 183 Å². The van der Waals surface area contributed by atoms with Crippen LogP contribution in [0.15, 0.2) is 60.0 Å². The van der Waals surface area contributed by atoms with E-state index in [1.165, 1.54) is 14.1 Å². The van der Waals surface area contributed by atoms with E-state index in [-0.39, 0.29) is 11.8 Å². The Hall–Kier alpha value is -3.85. The van der Waals surface area contributed by atoms with Crippen LogP contribution in [0.5, 0.6) is 0 Å². The molecule has 1 atom stereocenters. The number of urea groups is 1. The van der Waals surface area contributed by atoms with Crippen molar-refractivity contribution in [1.29, 1.82) is 0 Å². The number of carbonyl (C=O) groups is 3. The minimum Gasteiger partial charge on any atom is -0.397 e. The lowest BCUT2D eigenvalue weighted by molar-refractivity contribution is -0.122. The van der Waals surface area contributed by atoms with Crippen LogP contribution >= 0.6 is 11.3 Å². The van der Waals surface area contributed by atoms with Gasteiger partial charge in [-0.05, 0) is 46.8 Å². The van der Waals surface area contributed by atoms with E-state index in [1.807, 2.05) is 29.6 Å². The average Bonchev–Trinajstić information content (AvgIpc) is 3.33. The Kier molecular flexibility index (Phi) is 6.88. The summed E-state index contributed by atoms with van der Waals surface area (Å²) in [6, 6.07) is 14.5. The first kappa shape index (κ1) is 21.8. The zero-order valence-electron chi connectivity index (χ0n) is 17.1. The summed E-state index contributed by atoms with van der Waals surface area (Å²) in [5.74, 6) is -0.712. The Morgan fingerprint density at radius 2 is 1.71 bits per heavy atom. The van der Waals surface area contributed by atoms with E-state index >= 15 is 0 Å². The van der Waals surface area contributed by atoms with E-state index in [0.29, 0.717) is 22.5 Å². The number of rotatable bonds is 6. The zero-order chi connectivity index (χ0) is 22.4. The van der Waals surface area contributed by atoms with Crippen LogP contribution in [0.3, 0.4) is 0 Å². The van der Waals surface area contributed by atoms with E-state index in [9.17, 15) is 14.4 Å². The molecule has 1 aromatic heterocycles. The number of hydrogen-bond donors (Lipinski definition) is 5. The summed E-state index contributed by atoms with van der Waals surface area (Å²) in [5, 5.41) is 12.3. The number of nitrogen functional groups attached to an aromatic ring is 1. The van der Waals surface area contributed by atoms with Crippen molar-refractivity contribution in [2.75, 3.05) is 25.1 Å². The number of amides is 4. The van der Waals surface area contributed by atoms with Gasteiger partial charge in [-0.15, -0.1) is 11.3 Å². The summed E-state index contributed by atoms with van der Waals surface area (Å²) in [6.07, 6.45) is 0. The second kappa shape index (κ2) is 9.77. The van der Waals surface area contributed by atoms with Crippen molar-refractivity contribution in [2.24, 2.45) is 0 Å². The van der Waals surface area contributed by atoms with Gasteiger partial charge in [-0.25, -0.2) is 4.79 Å². The minimum absolute atomic E-state index is 0.336. The molecule has 8 nitrogen and oxygen atoms in total. The van der Waals surface area contributed by atoms with Crippen molar-refractivity contribution in [3.8, 4) is 10.4 Å².